The molecule has 0 aliphatic carbocycles. The Morgan fingerprint density at radius 1 is 1.50 bits per heavy atom. The van der Waals surface area contributed by atoms with Crippen LogP contribution in [0.15, 0.2) is 36.9 Å². The van der Waals surface area contributed by atoms with E-state index < -0.39 is 5.82 Å². The summed E-state index contributed by atoms with van der Waals surface area (Å²) < 4.78 is 18.0. The second-order valence-electron chi connectivity index (χ2n) is 3.42. The smallest absolute Gasteiger partial charge is 0.188 e. The maximum atomic E-state index is 12.8. The summed E-state index contributed by atoms with van der Waals surface area (Å²) in [5.74, 6) is -0.601. The lowest BCUT2D eigenvalue weighted by atomic mass is 10.1. The van der Waals surface area contributed by atoms with Crippen molar-refractivity contribution in [1.82, 2.24) is 0 Å². The fourth-order valence-electron chi connectivity index (χ4n) is 1.24. The van der Waals surface area contributed by atoms with Crippen LogP contribution in [0.2, 0.25) is 0 Å². The fourth-order valence-corrected chi connectivity index (χ4v) is 1.24. The van der Waals surface area contributed by atoms with Gasteiger partial charge in [-0.2, -0.15) is 0 Å². The van der Waals surface area contributed by atoms with Gasteiger partial charge in [0.15, 0.2) is 5.78 Å². The molecule has 86 valence electrons. The summed E-state index contributed by atoms with van der Waals surface area (Å²) in [6.07, 6.45) is 3.52. The number of carbonyl (C=O) groups is 1. The van der Waals surface area contributed by atoms with Crippen LogP contribution in [0, 0.1) is 5.82 Å². The van der Waals surface area contributed by atoms with Crippen LogP contribution in [0.25, 0.3) is 0 Å². The lowest BCUT2D eigenvalue weighted by Gasteiger charge is -2.02. The summed E-state index contributed by atoms with van der Waals surface area (Å²) in [6, 6.07) is 5.62. The van der Waals surface area contributed by atoms with Crippen molar-refractivity contribution in [2.75, 3.05) is 13.2 Å². The molecule has 1 aromatic rings. The van der Waals surface area contributed by atoms with Gasteiger partial charge in [0.2, 0.25) is 0 Å². The zero-order valence-electron chi connectivity index (χ0n) is 9.12. The maximum absolute atomic E-state index is 12.8. The second-order valence-corrected chi connectivity index (χ2v) is 3.42. The predicted molar refractivity (Wildman–Crippen MR) is 61.0 cm³/mol. The van der Waals surface area contributed by atoms with Crippen LogP contribution in [0.1, 0.15) is 23.2 Å². The van der Waals surface area contributed by atoms with Gasteiger partial charge in [0.1, 0.15) is 12.4 Å². The molecule has 0 unspecified atom stereocenters. The standard InChI is InChI=1S/C13H15FO2/c1-2-3-4-8-16-10-13(15)11-6-5-7-12(14)9-11/h2,5-7,9H,1,3-4,8,10H2. The molecule has 0 spiro atoms. The first-order valence-electron chi connectivity index (χ1n) is 5.21. The molecule has 0 aromatic heterocycles. The molecule has 0 atom stereocenters. The molecule has 0 heterocycles. The van der Waals surface area contributed by atoms with E-state index in [2.05, 4.69) is 6.58 Å². The highest BCUT2D eigenvalue weighted by molar-refractivity contribution is 5.97. The molecule has 1 aromatic carbocycles. The largest absolute Gasteiger partial charge is 0.373 e. The second kappa shape index (κ2) is 6.90. The summed E-state index contributed by atoms with van der Waals surface area (Å²) >= 11 is 0. The molecule has 16 heavy (non-hydrogen) atoms. The third-order valence-electron chi connectivity index (χ3n) is 2.08. The van der Waals surface area contributed by atoms with Crippen LogP contribution in [0.3, 0.4) is 0 Å². The Hall–Kier alpha value is -1.48. The quantitative estimate of drug-likeness (QED) is 0.403. The number of halogens is 1. The van der Waals surface area contributed by atoms with E-state index in [1.165, 1.54) is 18.2 Å². The van der Waals surface area contributed by atoms with Crippen LogP contribution in [0.4, 0.5) is 4.39 Å². The number of hydrogen-bond acceptors (Lipinski definition) is 2. The van der Waals surface area contributed by atoms with Gasteiger partial charge in [-0.15, -0.1) is 6.58 Å². The molecule has 0 amide bonds. The Balaban J connectivity index is 2.32. The third kappa shape index (κ3) is 4.36. The molecular weight excluding hydrogens is 207 g/mol. The summed E-state index contributed by atoms with van der Waals surface area (Å²) in [7, 11) is 0. The van der Waals surface area contributed by atoms with Crippen molar-refractivity contribution in [3.63, 3.8) is 0 Å². The van der Waals surface area contributed by atoms with Gasteiger partial charge in [-0.1, -0.05) is 18.2 Å². The average Bonchev–Trinajstić information content (AvgIpc) is 2.28. The number of hydrogen-bond donors (Lipinski definition) is 0. The first-order valence-corrected chi connectivity index (χ1v) is 5.21. The predicted octanol–water partition coefficient (Wildman–Crippen LogP) is 2.99. The topological polar surface area (TPSA) is 26.3 Å². The Bertz CT molecular complexity index is 361. The van der Waals surface area contributed by atoms with Gasteiger partial charge in [-0.05, 0) is 25.0 Å². The summed E-state index contributed by atoms with van der Waals surface area (Å²) in [5.41, 5.74) is 0.351. The van der Waals surface area contributed by atoms with Crippen LogP contribution in [-0.4, -0.2) is 19.0 Å². The number of allylic oxidation sites excluding steroid dienone is 1. The van der Waals surface area contributed by atoms with Crippen molar-refractivity contribution < 1.29 is 13.9 Å². The number of rotatable bonds is 7. The van der Waals surface area contributed by atoms with Crippen LogP contribution >= 0.6 is 0 Å². The average molecular weight is 222 g/mol. The highest BCUT2D eigenvalue weighted by atomic mass is 19.1. The lowest BCUT2D eigenvalue weighted by Crippen LogP contribution is -2.10. The maximum Gasteiger partial charge on any atom is 0.188 e. The molecule has 0 saturated heterocycles. The first kappa shape index (κ1) is 12.6. The van der Waals surface area contributed by atoms with Gasteiger partial charge in [0, 0.05) is 12.2 Å². The molecule has 0 bridgehead atoms. The molecule has 0 radical (unpaired) electrons. The van der Waals surface area contributed by atoms with Crippen molar-refractivity contribution in [2.24, 2.45) is 0 Å². The van der Waals surface area contributed by atoms with Gasteiger partial charge in [-0.3, -0.25) is 4.79 Å². The molecule has 0 aliphatic heterocycles. The van der Waals surface area contributed by atoms with Crippen LogP contribution in [-0.2, 0) is 4.74 Å². The third-order valence-corrected chi connectivity index (χ3v) is 2.08. The van der Waals surface area contributed by atoms with Crippen molar-refractivity contribution in [1.29, 1.82) is 0 Å². The highest BCUT2D eigenvalue weighted by Crippen LogP contribution is 2.04. The van der Waals surface area contributed by atoms with E-state index in [9.17, 15) is 9.18 Å². The molecule has 2 nitrogen and oxygen atoms in total. The van der Waals surface area contributed by atoms with Gasteiger partial charge < -0.3 is 4.74 Å². The van der Waals surface area contributed by atoms with Gasteiger partial charge in [0.05, 0.1) is 0 Å². The Morgan fingerprint density at radius 3 is 3.00 bits per heavy atom. The van der Waals surface area contributed by atoms with E-state index >= 15 is 0 Å². The molecular formula is C13H15FO2. The zero-order valence-corrected chi connectivity index (χ0v) is 9.12. The van der Waals surface area contributed by atoms with Gasteiger partial charge in [-0.25, -0.2) is 4.39 Å². The van der Waals surface area contributed by atoms with Crippen molar-refractivity contribution in [3.8, 4) is 0 Å². The molecule has 3 heteroatoms. The van der Waals surface area contributed by atoms with Gasteiger partial charge in [0.25, 0.3) is 0 Å². The van der Waals surface area contributed by atoms with E-state index in [1.54, 1.807) is 12.1 Å². The molecule has 0 saturated carbocycles. The van der Waals surface area contributed by atoms with E-state index in [0.717, 1.165) is 12.8 Å². The van der Waals surface area contributed by atoms with E-state index in [1.807, 2.05) is 0 Å². The minimum atomic E-state index is -0.405. The van der Waals surface area contributed by atoms with Crippen molar-refractivity contribution in [3.05, 3.63) is 48.3 Å². The normalized spacial score (nSPS) is 10.1. The van der Waals surface area contributed by atoms with Gasteiger partial charge >= 0.3 is 0 Å². The summed E-state index contributed by atoms with van der Waals surface area (Å²) in [6.45, 7) is 4.11. The minimum absolute atomic E-state index is 0.000591. The van der Waals surface area contributed by atoms with E-state index in [-0.39, 0.29) is 12.4 Å². The summed E-state index contributed by atoms with van der Waals surface area (Å²) in [4.78, 5) is 11.5. The Morgan fingerprint density at radius 2 is 2.31 bits per heavy atom. The van der Waals surface area contributed by atoms with E-state index in [0.29, 0.717) is 12.2 Å². The lowest BCUT2D eigenvalue weighted by molar-refractivity contribution is 0.0756. The number of ketones is 1. The first-order chi connectivity index (χ1) is 7.74. The van der Waals surface area contributed by atoms with Crippen LogP contribution in [0.5, 0.6) is 0 Å². The molecule has 0 fully saturated rings. The molecule has 0 N–H and O–H groups in total. The SMILES string of the molecule is C=CCCCOCC(=O)c1cccc(F)c1. The Labute approximate surface area is 94.7 Å². The number of benzene rings is 1. The molecule has 0 aliphatic rings. The van der Waals surface area contributed by atoms with Crippen molar-refractivity contribution >= 4 is 5.78 Å². The number of unbranched alkanes of at least 4 members (excludes halogenated alkanes) is 1. The van der Waals surface area contributed by atoms with Crippen molar-refractivity contribution in [2.45, 2.75) is 12.8 Å². The number of carbonyl (C=O) groups excluding carboxylic acids is 1. The van der Waals surface area contributed by atoms with E-state index in [4.69, 9.17) is 4.74 Å². The van der Waals surface area contributed by atoms with Crippen LogP contribution < -0.4 is 0 Å². The monoisotopic (exact) mass is 222 g/mol. The zero-order chi connectivity index (χ0) is 11.8. The number of ether oxygens (including phenoxy) is 1. The highest BCUT2D eigenvalue weighted by Gasteiger charge is 2.06. The Kier molecular flexibility index (Phi) is 5.43. The minimum Gasteiger partial charge on any atom is -0.373 e. The number of Topliss-reactive ketones (excluding diaryl/α,β-unsaturated/α-hetero) is 1. The fraction of sp³-hybridized carbons (Fsp3) is 0.308. The molecule has 1 rings (SSSR count). The summed E-state index contributed by atoms with van der Waals surface area (Å²) in [5, 5.41) is 0.